The van der Waals surface area contributed by atoms with Crippen molar-refractivity contribution in [2.75, 3.05) is 0 Å². The van der Waals surface area contributed by atoms with E-state index in [2.05, 4.69) is 27.3 Å². The molecule has 1 unspecified atom stereocenters. The molecule has 1 aromatic heterocycles. The summed E-state index contributed by atoms with van der Waals surface area (Å²) >= 11 is 3.25. The molecule has 0 amide bonds. The first-order chi connectivity index (χ1) is 9.40. The number of carbonyl (C=O) groups is 1. The van der Waals surface area contributed by atoms with Gasteiger partial charge in [0.2, 0.25) is 10.0 Å². The molecule has 5 nitrogen and oxygen atoms in total. The van der Waals surface area contributed by atoms with Gasteiger partial charge in [-0.25, -0.2) is 8.42 Å². The van der Waals surface area contributed by atoms with E-state index in [1.807, 2.05) is 0 Å². The fraction of sp³-hybridized carbons (Fsp3) is 0.0833. The predicted octanol–water partition coefficient (Wildman–Crippen LogP) is 2.46. The van der Waals surface area contributed by atoms with Crippen LogP contribution in [0.4, 0.5) is 0 Å². The summed E-state index contributed by atoms with van der Waals surface area (Å²) < 4.78 is 27.5. The topological polar surface area (TPSA) is 83.5 Å². The van der Waals surface area contributed by atoms with Gasteiger partial charge in [0.05, 0.1) is 4.90 Å². The summed E-state index contributed by atoms with van der Waals surface area (Å²) in [6.07, 6.45) is 0. The number of sulfonamides is 1. The summed E-state index contributed by atoms with van der Waals surface area (Å²) in [7, 11) is -3.87. The van der Waals surface area contributed by atoms with Crippen LogP contribution in [-0.4, -0.2) is 19.5 Å². The van der Waals surface area contributed by atoms with Gasteiger partial charge < -0.3 is 5.11 Å². The fourth-order valence-electron chi connectivity index (χ4n) is 1.52. The Balaban J connectivity index is 2.30. The number of halogens is 1. The van der Waals surface area contributed by atoms with Crippen molar-refractivity contribution in [2.45, 2.75) is 10.9 Å². The highest BCUT2D eigenvalue weighted by Gasteiger charge is 2.27. The molecule has 8 heteroatoms. The molecule has 1 heterocycles. The minimum absolute atomic E-state index is 0.0423. The molecule has 106 valence electrons. The third-order valence-electron chi connectivity index (χ3n) is 2.47. The van der Waals surface area contributed by atoms with E-state index < -0.39 is 22.0 Å². The number of hydrogen-bond donors (Lipinski definition) is 2. The van der Waals surface area contributed by atoms with Gasteiger partial charge in [0.1, 0.15) is 0 Å². The first-order valence-corrected chi connectivity index (χ1v) is 8.88. The molecule has 1 atom stereocenters. The summed E-state index contributed by atoms with van der Waals surface area (Å²) in [4.78, 5) is 11.7. The minimum Gasteiger partial charge on any atom is -0.480 e. The molecule has 0 saturated heterocycles. The number of carboxylic acid groups (broad SMARTS) is 1. The minimum atomic E-state index is -3.87. The van der Waals surface area contributed by atoms with Gasteiger partial charge >= 0.3 is 5.97 Å². The smallest absolute Gasteiger partial charge is 0.327 e. The van der Waals surface area contributed by atoms with Gasteiger partial charge in [-0.15, -0.1) is 11.3 Å². The zero-order valence-corrected chi connectivity index (χ0v) is 13.8. The molecule has 0 aliphatic carbocycles. The molecule has 0 aliphatic heterocycles. The van der Waals surface area contributed by atoms with Crippen LogP contribution in [-0.2, 0) is 14.8 Å². The Morgan fingerprint density at radius 3 is 2.40 bits per heavy atom. The van der Waals surface area contributed by atoms with E-state index in [4.69, 9.17) is 0 Å². The van der Waals surface area contributed by atoms with Crippen LogP contribution in [0, 0.1) is 3.57 Å². The molecular formula is C12H10INO4S2. The Morgan fingerprint density at radius 2 is 1.90 bits per heavy atom. The normalized spacial score (nSPS) is 13.1. The van der Waals surface area contributed by atoms with Crippen molar-refractivity contribution in [3.8, 4) is 0 Å². The van der Waals surface area contributed by atoms with E-state index in [9.17, 15) is 18.3 Å². The van der Waals surface area contributed by atoms with Gasteiger partial charge in [0.15, 0.2) is 6.04 Å². The van der Waals surface area contributed by atoms with E-state index in [1.54, 1.807) is 29.6 Å². The van der Waals surface area contributed by atoms with Crippen LogP contribution in [0.25, 0.3) is 0 Å². The second-order valence-corrected chi connectivity index (χ2v) is 7.80. The fourth-order valence-corrected chi connectivity index (χ4v) is 3.89. The summed E-state index contributed by atoms with van der Waals surface area (Å²) in [6.45, 7) is 0. The number of aliphatic carboxylic acids is 1. The molecule has 2 aromatic rings. The highest BCUT2D eigenvalue weighted by Crippen LogP contribution is 2.22. The Morgan fingerprint density at radius 1 is 1.25 bits per heavy atom. The first kappa shape index (κ1) is 15.4. The second-order valence-electron chi connectivity index (χ2n) is 3.86. The van der Waals surface area contributed by atoms with Crippen LogP contribution in [0.1, 0.15) is 10.9 Å². The number of benzene rings is 1. The standard InChI is InChI=1S/C12H10INO4S2/c13-8-3-5-9(6-4-8)20(17,18)14-11(12(15)16)10-2-1-7-19-10/h1-7,11,14H,(H,15,16). The van der Waals surface area contributed by atoms with Crippen LogP contribution in [0.5, 0.6) is 0 Å². The molecule has 0 fully saturated rings. The van der Waals surface area contributed by atoms with E-state index in [0.29, 0.717) is 4.88 Å². The zero-order chi connectivity index (χ0) is 14.8. The van der Waals surface area contributed by atoms with Crippen LogP contribution < -0.4 is 4.72 Å². The van der Waals surface area contributed by atoms with Gasteiger partial charge in [-0.2, -0.15) is 4.72 Å². The lowest BCUT2D eigenvalue weighted by Gasteiger charge is -2.13. The quantitative estimate of drug-likeness (QED) is 0.724. The molecule has 0 radical (unpaired) electrons. The van der Waals surface area contributed by atoms with E-state index in [1.165, 1.54) is 23.5 Å². The van der Waals surface area contributed by atoms with Crippen molar-refractivity contribution in [2.24, 2.45) is 0 Å². The number of nitrogens with one attached hydrogen (secondary N) is 1. The number of rotatable bonds is 5. The van der Waals surface area contributed by atoms with E-state index in [-0.39, 0.29) is 4.90 Å². The molecule has 0 saturated carbocycles. The van der Waals surface area contributed by atoms with E-state index in [0.717, 1.165) is 3.57 Å². The molecule has 0 bridgehead atoms. The van der Waals surface area contributed by atoms with Gasteiger partial charge in [0.25, 0.3) is 0 Å². The number of hydrogen-bond acceptors (Lipinski definition) is 4. The number of carboxylic acids is 1. The Bertz CT molecular complexity index is 696. The van der Waals surface area contributed by atoms with Crippen molar-refractivity contribution < 1.29 is 18.3 Å². The van der Waals surface area contributed by atoms with Gasteiger partial charge in [-0.1, -0.05) is 6.07 Å². The maximum atomic E-state index is 12.2. The largest absolute Gasteiger partial charge is 0.480 e. The zero-order valence-electron chi connectivity index (χ0n) is 9.99. The maximum absolute atomic E-state index is 12.2. The third kappa shape index (κ3) is 3.57. The van der Waals surface area contributed by atoms with E-state index >= 15 is 0 Å². The van der Waals surface area contributed by atoms with Gasteiger partial charge in [0, 0.05) is 8.45 Å². The lowest BCUT2D eigenvalue weighted by molar-refractivity contribution is -0.139. The van der Waals surface area contributed by atoms with Gasteiger partial charge in [-0.05, 0) is 58.3 Å². The lowest BCUT2D eigenvalue weighted by Crippen LogP contribution is -2.33. The summed E-state index contributed by atoms with van der Waals surface area (Å²) in [6, 6.07) is 8.16. The summed E-state index contributed by atoms with van der Waals surface area (Å²) in [5.41, 5.74) is 0. The Hall–Kier alpha value is -0.970. The second kappa shape index (κ2) is 6.20. The summed E-state index contributed by atoms with van der Waals surface area (Å²) in [5, 5.41) is 10.9. The molecular weight excluding hydrogens is 413 g/mol. The molecule has 0 aliphatic rings. The Kier molecular flexibility index (Phi) is 4.78. The highest BCUT2D eigenvalue weighted by atomic mass is 127. The van der Waals surface area contributed by atoms with Crippen molar-refractivity contribution in [1.82, 2.24) is 4.72 Å². The monoisotopic (exact) mass is 423 g/mol. The molecule has 2 N–H and O–H groups in total. The SMILES string of the molecule is O=C(O)C(NS(=O)(=O)c1ccc(I)cc1)c1cccs1. The van der Waals surface area contributed by atoms with Crippen LogP contribution in [0.15, 0.2) is 46.7 Å². The highest BCUT2D eigenvalue weighted by molar-refractivity contribution is 14.1. The molecule has 0 spiro atoms. The van der Waals surface area contributed by atoms with Crippen molar-refractivity contribution >= 4 is 49.9 Å². The third-order valence-corrected chi connectivity index (χ3v) is 5.57. The Labute approximate surface area is 133 Å². The average molecular weight is 423 g/mol. The molecule has 2 rings (SSSR count). The van der Waals surface area contributed by atoms with Crippen molar-refractivity contribution in [1.29, 1.82) is 0 Å². The number of thiophene rings is 1. The van der Waals surface area contributed by atoms with Crippen molar-refractivity contribution in [3.05, 3.63) is 50.2 Å². The van der Waals surface area contributed by atoms with Crippen LogP contribution in [0.2, 0.25) is 0 Å². The first-order valence-electron chi connectivity index (χ1n) is 5.44. The molecule has 1 aromatic carbocycles. The van der Waals surface area contributed by atoms with Crippen molar-refractivity contribution in [3.63, 3.8) is 0 Å². The predicted molar refractivity (Wildman–Crippen MR) is 84.2 cm³/mol. The maximum Gasteiger partial charge on any atom is 0.327 e. The molecule has 20 heavy (non-hydrogen) atoms. The van der Waals surface area contributed by atoms with Crippen LogP contribution in [0.3, 0.4) is 0 Å². The van der Waals surface area contributed by atoms with Gasteiger partial charge in [-0.3, -0.25) is 4.79 Å². The summed E-state index contributed by atoms with van der Waals surface area (Å²) in [5.74, 6) is -1.23. The van der Waals surface area contributed by atoms with Crippen LogP contribution >= 0.6 is 33.9 Å². The average Bonchev–Trinajstić information content (AvgIpc) is 2.90. The lowest BCUT2D eigenvalue weighted by atomic mass is 10.3.